The van der Waals surface area contributed by atoms with Gasteiger partial charge in [0.1, 0.15) is 0 Å². The predicted molar refractivity (Wildman–Crippen MR) is 91.5 cm³/mol. The molecule has 1 aromatic rings. The molecule has 24 heavy (non-hydrogen) atoms. The molecule has 0 bridgehead atoms. The van der Waals surface area contributed by atoms with Crippen LogP contribution in [0.15, 0.2) is 34.6 Å². The van der Waals surface area contributed by atoms with Crippen LogP contribution in [0.1, 0.15) is 33.3 Å². The highest BCUT2D eigenvalue weighted by Crippen LogP contribution is 2.39. The van der Waals surface area contributed by atoms with Gasteiger partial charge in [-0.15, -0.1) is 0 Å². The second kappa shape index (κ2) is 6.75. The van der Waals surface area contributed by atoms with Crippen LogP contribution in [0.25, 0.3) is 6.08 Å². The lowest BCUT2D eigenvalue weighted by atomic mass is 9.77. The number of nitrogens with two attached hydrogens (primary N) is 1. The van der Waals surface area contributed by atoms with Crippen molar-refractivity contribution in [3.05, 3.63) is 35.3 Å². The molecule has 1 aliphatic heterocycles. The summed E-state index contributed by atoms with van der Waals surface area (Å²) < 4.78 is 49.4. The molecule has 0 radical (unpaired) electrons. The van der Waals surface area contributed by atoms with Crippen LogP contribution < -0.4 is 5.73 Å². The van der Waals surface area contributed by atoms with Gasteiger partial charge in [-0.2, -0.15) is 13.2 Å². The Hall–Kier alpha value is -0.955. The lowest BCUT2D eigenvalue weighted by molar-refractivity contribution is -0.0328. The molecule has 0 atom stereocenters. The van der Waals surface area contributed by atoms with E-state index in [9.17, 15) is 13.2 Å². The highest BCUT2D eigenvalue weighted by atomic mass is 32.2. The average molecular weight is 359 g/mol. The smallest absolute Gasteiger partial charge is 0.400 e. The van der Waals surface area contributed by atoms with Crippen molar-refractivity contribution in [3.8, 4) is 0 Å². The van der Waals surface area contributed by atoms with E-state index in [4.69, 9.17) is 15.0 Å². The fourth-order valence-corrected chi connectivity index (χ4v) is 2.84. The van der Waals surface area contributed by atoms with E-state index in [0.29, 0.717) is 11.0 Å². The van der Waals surface area contributed by atoms with Crippen LogP contribution in [0.5, 0.6) is 0 Å². The van der Waals surface area contributed by atoms with Gasteiger partial charge in [-0.05, 0) is 62.6 Å². The van der Waals surface area contributed by atoms with E-state index in [0.717, 1.165) is 0 Å². The molecule has 1 aliphatic rings. The number of halogens is 3. The molecule has 0 unspecified atom stereocenters. The van der Waals surface area contributed by atoms with Gasteiger partial charge in [-0.1, -0.05) is 18.2 Å². The van der Waals surface area contributed by atoms with Gasteiger partial charge in [0.25, 0.3) is 0 Å². The summed E-state index contributed by atoms with van der Waals surface area (Å²) in [5.74, 6) is 0. The first-order valence-corrected chi connectivity index (χ1v) is 8.37. The molecule has 2 N–H and O–H groups in total. The number of alkyl halides is 3. The molecule has 0 aliphatic carbocycles. The van der Waals surface area contributed by atoms with Gasteiger partial charge in [0, 0.05) is 11.4 Å². The normalized spacial score (nSPS) is 20.5. The van der Waals surface area contributed by atoms with E-state index in [2.05, 4.69) is 0 Å². The molecule has 132 valence electrons. The first-order valence-electron chi connectivity index (χ1n) is 7.55. The third kappa shape index (κ3) is 4.56. The molecule has 0 amide bonds. The minimum atomic E-state index is -4.31. The maximum Gasteiger partial charge on any atom is 0.491 e. The summed E-state index contributed by atoms with van der Waals surface area (Å²) in [6.45, 7) is 7.92. The zero-order chi connectivity index (χ0) is 18.2. The first-order chi connectivity index (χ1) is 10.9. The molecule has 0 spiro atoms. The van der Waals surface area contributed by atoms with Crippen molar-refractivity contribution >= 4 is 25.0 Å². The van der Waals surface area contributed by atoms with Gasteiger partial charge in [0.15, 0.2) is 0 Å². The number of hydrogen-bond acceptors (Lipinski definition) is 4. The summed E-state index contributed by atoms with van der Waals surface area (Å²) in [5.41, 5.74) is 1.80. The van der Waals surface area contributed by atoms with Crippen LogP contribution in [0.4, 0.5) is 13.2 Å². The van der Waals surface area contributed by atoms with Crippen molar-refractivity contribution in [2.24, 2.45) is 5.73 Å². The molecular weight excluding hydrogens is 338 g/mol. The van der Waals surface area contributed by atoms with Crippen molar-refractivity contribution < 1.29 is 22.5 Å². The summed E-state index contributed by atoms with van der Waals surface area (Å²) in [6, 6.07) is 6.20. The van der Waals surface area contributed by atoms with Crippen LogP contribution in [-0.2, 0) is 9.31 Å². The van der Waals surface area contributed by atoms with E-state index in [1.54, 1.807) is 18.2 Å². The van der Waals surface area contributed by atoms with Gasteiger partial charge in [-0.25, -0.2) is 0 Å². The Morgan fingerprint density at radius 1 is 1.21 bits per heavy atom. The molecule has 1 aromatic carbocycles. The van der Waals surface area contributed by atoms with Crippen molar-refractivity contribution in [1.29, 1.82) is 0 Å². The van der Waals surface area contributed by atoms with E-state index < -0.39 is 23.8 Å². The van der Waals surface area contributed by atoms with E-state index in [1.165, 1.54) is 12.1 Å². The van der Waals surface area contributed by atoms with Crippen LogP contribution in [0, 0.1) is 0 Å². The van der Waals surface area contributed by atoms with Gasteiger partial charge in [0.2, 0.25) is 0 Å². The minimum absolute atomic E-state index is 0.126. The van der Waals surface area contributed by atoms with E-state index in [1.807, 2.05) is 27.7 Å². The first kappa shape index (κ1) is 19.4. The second-order valence-electron chi connectivity index (χ2n) is 6.63. The second-order valence-corrected chi connectivity index (χ2v) is 7.77. The molecular formula is C16H21BF3NO2S. The Morgan fingerprint density at radius 2 is 1.79 bits per heavy atom. The summed E-state index contributed by atoms with van der Waals surface area (Å²) >= 11 is -0.142. The van der Waals surface area contributed by atoms with Crippen molar-refractivity contribution in [3.63, 3.8) is 0 Å². The van der Waals surface area contributed by atoms with Crippen molar-refractivity contribution in [2.45, 2.75) is 49.3 Å². The molecule has 3 nitrogen and oxygen atoms in total. The topological polar surface area (TPSA) is 44.5 Å². The van der Waals surface area contributed by atoms with Gasteiger partial charge < -0.3 is 15.0 Å². The Balaban J connectivity index is 2.24. The summed E-state index contributed by atoms with van der Waals surface area (Å²) in [4.78, 5) is 0.126. The van der Waals surface area contributed by atoms with Crippen molar-refractivity contribution in [2.75, 3.05) is 6.54 Å². The van der Waals surface area contributed by atoms with Gasteiger partial charge in [0.05, 0.1) is 11.2 Å². The number of benzene rings is 1. The quantitative estimate of drug-likeness (QED) is 0.644. The van der Waals surface area contributed by atoms with Crippen LogP contribution in [-0.4, -0.2) is 30.4 Å². The third-order valence-corrected chi connectivity index (χ3v) is 4.96. The summed E-state index contributed by atoms with van der Waals surface area (Å²) in [7, 11) is -0.612. The molecule has 0 aromatic heterocycles. The fraction of sp³-hybridized carbons (Fsp3) is 0.500. The molecule has 1 saturated heterocycles. The zero-order valence-corrected chi connectivity index (χ0v) is 14.9. The maximum atomic E-state index is 12.5. The Morgan fingerprint density at radius 3 is 2.29 bits per heavy atom. The summed E-state index contributed by atoms with van der Waals surface area (Å²) in [6.07, 6.45) is 1.72. The number of rotatable bonds is 4. The third-order valence-electron chi connectivity index (χ3n) is 4.24. The highest BCUT2D eigenvalue weighted by molar-refractivity contribution is 8.00. The maximum absolute atomic E-state index is 12.5. The Labute approximate surface area is 144 Å². The van der Waals surface area contributed by atoms with Crippen LogP contribution >= 0.6 is 11.8 Å². The molecule has 8 heteroatoms. The van der Waals surface area contributed by atoms with E-state index >= 15 is 0 Å². The van der Waals surface area contributed by atoms with Gasteiger partial charge in [-0.3, -0.25) is 0 Å². The van der Waals surface area contributed by atoms with Crippen molar-refractivity contribution in [1.82, 2.24) is 0 Å². The minimum Gasteiger partial charge on any atom is -0.400 e. The fourth-order valence-electron chi connectivity index (χ4n) is 2.23. The lowest BCUT2D eigenvalue weighted by Gasteiger charge is -2.32. The molecule has 0 saturated carbocycles. The average Bonchev–Trinajstić information content (AvgIpc) is 2.63. The molecule has 1 fully saturated rings. The lowest BCUT2D eigenvalue weighted by Crippen LogP contribution is -2.41. The Bertz CT molecular complexity index is 616. The molecule has 2 rings (SSSR count). The largest absolute Gasteiger partial charge is 0.491 e. The highest BCUT2D eigenvalue weighted by Gasteiger charge is 2.52. The van der Waals surface area contributed by atoms with Crippen LogP contribution in [0.3, 0.4) is 0 Å². The Kier molecular flexibility index (Phi) is 5.44. The standard InChI is InChI=1S/C16H21BF3NO2S/c1-14(2)15(3,4)23-17(22-14)12(10-21)8-11-6-5-7-13(9-11)24-16(18,19)20/h5-9H,10,21H2,1-4H3. The number of thioether (sulfide) groups is 1. The zero-order valence-electron chi connectivity index (χ0n) is 14.1. The molecule has 1 heterocycles. The summed E-state index contributed by atoms with van der Waals surface area (Å²) in [5, 5.41) is 0. The monoisotopic (exact) mass is 359 g/mol. The van der Waals surface area contributed by atoms with Gasteiger partial charge >= 0.3 is 12.6 Å². The SMILES string of the molecule is CC1(C)OB(C(=Cc2cccc(SC(F)(F)F)c2)CN)OC1(C)C. The number of hydrogen-bond donors (Lipinski definition) is 1. The van der Waals surface area contributed by atoms with Crippen LogP contribution in [0.2, 0.25) is 0 Å². The van der Waals surface area contributed by atoms with E-state index in [-0.39, 0.29) is 23.2 Å². The predicted octanol–water partition coefficient (Wildman–Crippen LogP) is 4.27.